The Bertz CT molecular complexity index is 455. The second-order valence-corrected chi connectivity index (χ2v) is 5.74. The molecule has 1 saturated heterocycles. The maximum Gasteiger partial charge on any atom is 0.106 e. The van der Waals surface area contributed by atoms with Crippen LogP contribution in [0.2, 0.25) is 0 Å². The smallest absolute Gasteiger partial charge is 0.106 e. The first kappa shape index (κ1) is 14.3. The molecule has 0 amide bonds. The quantitative estimate of drug-likeness (QED) is 0.859. The van der Waals surface area contributed by atoms with Gasteiger partial charge in [0.15, 0.2) is 0 Å². The summed E-state index contributed by atoms with van der Waals surface area (Å²) in [4.78, 5) is 2.73. The van der Waals surface area contributed by atoms with Gasteiger partial charge in [0.05, 0.1) is 6.61 Å². The third-order valence-electron chi connectivity index (χ3n) is 3.67. The average molecular weight is 278 g/mol. The third-order valence-corrected chi connectivity index (χ3v) is 3.89. The van der Waals surface area contributed by atoms with Crippen molar-refractivity contribution in [3.05, 3.63) is 29.3 Å². The first-order valence-electron chi connectivity index (χ1n) is 6.78. The Morgan fingerprint density at radius 1 is 1.53 bits per heavy atom. The maximum absolute atomic E-state index is 5.83. The van der Waals surface area contributed by atoms with Crippen molar-refractivity contribution in [2.24, 2.45) is 11.7 Å². The van der Waals surface area contributed by atoms with Crippen molar-refractivity contribution in [1.82, 2.24) is 0 Å². The van der Waals surface area contributed by atoms with Crippen molar-refractivity contribution in [3.8, 4) is 0 Å². The Balaban J connectivity index is 2.17. The number of para-hydroxylation sites is 1. The number of rotatable bonds is 4. The van der Waals surface area contributed by atoms with Gasteiger partial charge in [0, 0.05) is 31.5 Å². The summed E-state index contributed by atoms with van der Waals surface area (Å²) in [6.45, 7) is 4.85. The predicted octanol–water partition coefficient (Wildman–Crippen LogP) is 2.49. The highest BCUT2D eigenvalue weighted by Gasteiger charge is 2.19. The molecule has 104 valence electrons. The van der Waals surface area contributed by atoms with Crippen LogP contribution in [-0.2, 0) is 4.74 Å². The highest BCUT2D eigenvalue weighted by molar-refractivity contribution is 7.80. The number of ether oxygens (including phenoxy) is 1. The van der Waals surface area contributed by atoms with E-state index in [0.717, 1.165) is 37.4 Å². The maximum atomic E-state index is 5.83. The van der Waals surface area contributed by atoms with Crippen LogP contribution in [-0.4, -0.2) is 31.8 Å². The molecule has 1 heterocycles. The van der Waals surface area contributed by atoms with E-state index in [1.54, 1.807) is 0 Å². The summed E-state index contributed by atoms with van der Waals surface area (Å²) in [5, 5.41) is 0. The fourth-order valence-corrected chi connectivity index (χ4v) is 2.96. The molecule has 4 heteroatoms. The summed E-state index contributed by atoms with van der Waals surface area (Å²) in [5.74, 6) is 0.595. The summed E-state index contributed by atoms with van der Waals surface area (Å²) >= 11 is 5.16. The van der Waals surface area contributed by atoms with Crippen LogP contribution in [0.25, 0.3) is 0 Å². The standard InChI is InChI=1S/C15H22N2OS/c1-11-5-3-7-13(15(16)19)14(11)17(2)9-12-6-4-8-18-10-12/h3,5,7,12H,4,6,8-10H2,1-2H3,(H2,16,19). The molecule has 1 atom stereocenters. The Morgan fingerprint density at radius 3 is 2.95 bits per heavy atom. The number of benzene rings is 1. The van der Waals surface area contributed by atoms with Gasteiger partial charge in [-0.1, -0.05) is 24.4 Å². The lowest BCUT2D eigenvalue weighted by atomic mass is 10.00. The summed E-state index contributed by atoms with van der Waals surface area (Å²) in [6, 6.07) is 6.11. The molecule has 2 rings (SSSR count). The second-order valence-electron chi connectivity index (χ2n) is 5.30. The Morgan fingerprint density at radius 2 is 2.32 bits per heavy atom. The molecule has 1 aromatic carbocycles. The van der Waals surface area contributed by atoms with E-state index in [-0.39, 0.29) is 0 Å². The first-order valence-corrected chi connectivity index (χ1v) is 7.18. The van der Waals surface area contributed by atoms with E-state index in [0.29, 0.717) is 10.9 Å². The van der Waals surface area contributed by atoms with Gasteiger partial charge in [-0.25, -0.2) is 0 Å². The lowest BCUT2D eigenvalue weighted by molar-refractivity contribution is 0.0576. The Kier molecular flexibility index (Phi) is 4.77. The molecule has 0 spiro atoms. The zero-order valence-electron chi connectivity index (χ0n) is 11.7. The number of anilines is 1. The van der Waals surface area contributed by atoms with Crippen molar-refractivity contribution in [3.63, 3.8) is 0 Å². The molecule has 1 unspecified atom stereocenters. The summed E-state index contributed by atoms with van der Waals surface area (Å²) in [6.07, 6.45) is 2.40. The van der Waals surface area contributed by atoms with Crippen LogP contribution in [0.3, 0.4) is 0 Å². The highest BCUT2D eigenvalue weighted by Crippen LogP contribution is 2.26. The molecule has 1 aromatic rings. The van der Waals surface area contributed by atoms with Gasteiger partial charge in [-0.3, -0.25) is 0 Å². The molecular weight excluding hydrogens is 256 g/mol. The van der Waals surface area contributed by atoms with Gasteiger partial charge in [0.25, 0.3) is 0 Å². The number of aryl methyl sites for hydroxylation is 1. The van der Waals surface area contributed by atoms with Gasteiger partial charge in [-0.15, -0.1) is 0 Å². The molecule has 2 N–H and O–H groups in total. The van der Waals surface area contributed by atoms with E-state index in [2.05, 4.69) is 24.9 Å². The van der Waals surface area contributed by atoms with Crippen molar-refractivity contribution in [2.75, 3.05) is 31.7 Å². The summed E-state index contributed by atoms with van der Waals surface area (Å²) in [7, 11) is 2.11. The van der Waals surface area contributed by atoms with Crippen molar-refractivity contribution in [1.29, 1.82) is 0 Å². The van der Waals surface area contributed by atoms with Gasteiger partial charge in [-0.2, -0.15) is 0 Å². The van der Waals surface area contributed by atoms with Crippen LogP contribution in [0, 0.1) is 12.8 Å². The lowest BCUT2D eigenvalue weighted by Gasteiger charge is -2.30. The van der Waals surface area contributed by atoms with E-state index in [4.69, 9.17) is 22.7 Å². The number of hydrogen-bond acceptors (Lipinski definition) is 3. The molecule has 0 saturated carbocycles. The van der Waals surface area contributed by atoms with Crippen LogP contribution in [0.5, 0.6) is 0 Å². The van der Waals surface area contributed by atoms with Gasteiger partial charge >= 0.3 is 0 Å². The van der Waals surface area contributed by atoms with Gasteiger partial charge in [0.2, 0.25) is 0 Å². The fourth-order valence-electron chi connectivity index (χ4n) is 2.79. The minimum atomic E-state index is 0.463. The lowest BCUT2D eigenvalue weighted by Crippen LogP contribution is -2.32. The molecule has 0 bridgehead atoms. The van der Waals surface area contributed by atoms with Crippen LogP contribution in [0.15, 0.2) is 18.2 Å². The molecular formula is C15H22N2OS. The summed E-state index contributed by atoms with van der Waals surface area (Å²) < 4.78 is 5.55. The van der Waals surface area contributed by atoms with Crippen LogP contribution in [0.1, 0.15) is 24.0 Å². The molecule has 1 fully saturated rings. The predicted molar refractivity (Wildman–Crippen MR) is 83.9 cm³/mol. The number of nitrogens with two attached hydrogens (primary N) is 1. The fraction of sp³-hybridized carbons (Fsp3) is 0.533. The van der Waals surface area contributed by atoms with E-state index >= 15 is 0 Å². The van der Waals surface area contributed by atoms with Crippen molar-refractivity contribution >= 4 is 22.9 Å². The van der Waals surface area contributed by atoms with Gasteiger partial charge in [0.1, 0.15) is 4.99 Å². The molecule has 1 aliphatic rings. The zero-order chi connectivity index (χ0) is 13.8. The molecule has 0 aliphatic carbocycles. The number of nitrogens with zero attached hydrogens (tertiary/aromatic N) is 1. The minimum absolute atomic E-state index is 0.463. The monoisotopic (exact) mass is 278 g/mol. The molecule has 0 aromatic heterocycles. The van der Waals surface area contributed by atoms with E-state index in [1.807, 2.05) is 12.1 Å². The van der Waals surface area contributed by atoms with Crippen LogP contribution in [0.4, 0.5) is 5.69 Å². The SMILES string of the molecule is Cc1cccc(C(N)=S)c1N(C)CC1CCCOC1. The van der Waals surface area contributed by atoms with E-state index in [9.17, 15) is 0 Å². The normalized spacial score (nSPS) is 19.2. The topological polar surface area (TPSA) is 38.5 Å². The summed E-state index contributed by atoms with van der Waals surface area (Å²) in [5.41, 5.74) is 9.17. The first-order chi connectivity index (χ1) is 9.09. The molecule has 19 heavy (non-hydrogen) atoms. The molecule has 1 aliphatic heterocycles. The minimum Gasteiger partial charge on any atom is -0.389 e. The highest BCUT2D eigenvalue weighted by atomic mass is 32.1. The molecule has 3 nitrogen and oxygen atoms in total. The van der Waals surface area contributed by atoms with Gasteiger partial charge in [-0.05, 0) is 37.3 Å². The second kappa shape index (κ2) is 6.35. The number of thiocarbonyl (C=S) groups is 1. The third kappa shape index (κ3) is 3.45. The Labute approximate surface area is 120 Å². The van der Waals surface area contributed by atoms with Crippen LogP contribution < -0.4 is 10.6 Å². The van der Waals surface area contributed by atoms with Crippen LogP contribution >= 0.6 is 12.2 Å². The molecule has 0 radical (unpaired) electrons. The van der Waals surface area contributed by atoms with Gasteiger partial charge < -0.3 is 15.4 Å². The van der Waals surface area contributed by atoms with E-state index in [1.165, 1.54) is 12.0 Å². The van der Waals surface area contributed by atoms with E-state index < -0.39 is 0 Å². The zero-order valence-corrected chi connectivity index (χ0v) is 12.5. The number of hydrogen-bond donors (Lipinski definition) is 1. The van der Waals surface area contributed by atoms with Crippen molar-refractivity contribution in [2.45, 2.75) is 19.8 Å². The largest absolute Gasteiger partial charge is 0.389 e. The Hall–Kier alpha value is -1.13. The van der Waals surface area contributed by atoms with Crippen molar-refractivity contribution < 1.29 is 4.74 Å². The average Bonchev–Trinajstić information content (AvgIpc) is 2.39.